The number of aryl methyl sites for hydroxylation is 1. The highest BCUT2D eigenvalue weighted by molar-refractivity contribution is 6.31. The van der Waals surface area contributed by atoms with E-state index in [1.54, 1.807) is 6.07 Å². The molecular formula is C16H19ClN4O3. The molecule has 0 aliphatic carbocycles. The number of nitrogens with zero attached hydrogens (tertiary/aromatic N) is 2. The molecule has 1 aliphatic heterocycles. The average molecular weight is 351 g/mol. The Balaban J connectivity index is 1.57. The molecule has 7 nitrogen and oxygen atoms in total. The second-order valence-electron chi connectivity index (χ2n) is 5.72. The van der Waals surface area contributed by atoms with Gasteiger partial charge in [0.2, 0.25) is 0 Å². The summed E-state index contributed by atoms with van der Waals surface area (Å²) >= 11 is 6.09. The summed E-state index contributed by atoms with van der Waals surface area (Å²) in [5, 5.41) is 9.98. The first kappa shape index (κ1) is 16.7. The third kappa shape index (κ3) is 3.68. The van der Waals surface area contributed by atoms with Gasteiger partial charge in [0, 0.05) is 17.3 Å². The van der Waals surface area contributed by atoms with Gasteiger partial charge in [-0.1, -0.05) is 22.8 Å². The molecule has 8 heteroatoms. The van der Waals surface area contributed by atoms with Crippen molar-refractivity contribution in [2.24, 2.45) is 0 Å². The first-order valence-corrected chi connectivity index (χ1v) is 8.17. The molecule has 0 bridgehead atoms. The number of amides is 2. The standard InChI is InChI=1S/C16H19ClN4O3/c1-9-5-6-11(17)10(2)14(9)20-16(22)18-8-13-19-15(24-21-13)12-4-3-7-23-12/h5-6,12H,3-4,7-8H2,1-2H3,(H2,18,20,22)/t12-/m1/s1. The first-order valence-electron chi connectivity index (χ1n) is 7.79. The van der Waals surface area contributed by atoms with Crippen LogP contribution in [0.2, 0.25) is 5.02 Å². The van der Waals surface area contributed by atoms with E-state index in [2.05, 4.69) is 20.8 Å². The molecule has 0 saturated carbocycles. The van der Waals surface area contributed by atoms with Crippen molar-refractivity contribution in [2.45, 2.75) is 39.3 Å². The summed E-state index contributed by atoms with van der Waals surface area (Å²) in [6.07, 6.45) is 1.74. The van der Waals surface area contributed by atoms with Crippen molar-refractivity contribution in [3.63, 3.8) is 0 Å². The Bertz CT molecular complexity index is 741. The van der Waals surface area contributed by atoms with Crippen molar-refractivity contribution < 1.29 is 14.1 Å². The van der Waals surface area contributed by atoms with Gasteiger partial charge in [-0.25, -0.2) is 4.79 Å². The number of benzene rings is 1. The molecule has 1 aliphatic rings. The highest BCUT2D eigenvalue weighted by Gasteiger charge is 2.23. The Hall–Kier alpha value is -2.12. The van der Waals surface area contributed by atoms with Crippen LogP contribution in [-0.4, -0.2) is 22.8 Å². The lowest BCUT2D eigenvalue weighted by Gasteiger charge is -2.13. The zero-order valence-corrected chi connectivity index (χ0v) is 14.3. The molecule has 128 valence electrons. The minimum absolute atomic E-state index is 0.128. The van der Waals surface area contributed by atoms with E-state index >= 15 is 0 Å². The number of ether oxygens (including phenoxy) is 1. The highest BCUT2D eigenvalue weighted by atomic mass is 35.5. The van der Waals surface area contributed by atoms with E-state index in [1.807, 2.05) is 19.9 Å². The number of aromatic nitrogens is 2. The summed E-state index contributed by atoms with van der Waals surface area (Å²) in [7, 11) is 0. The molecule has 1 saturated heterocycles. The van der Waals surface area contributed by atoms with Gasteiger partial charge < -0.3 is 19.9 Å². The Kier molecular flexibility index (Phi) is 5.01. The number of carbonyl (C=O) groups is 1. The molecule has 0 radical (unpaired) electrons. The topological polar surface area (TPSA) is 89.3 Å². The Morgan fingerprint density at radius 1 is 1.42 bits per heavy atom. The molecule has 1 atom stereocenters. The molecule has 0 unspecified atom stereocenters. The van der Waals surface area contributed by atoms with E-state index in [9.17, 15) is 4.79 Å². The molecule has 2 aromatic rings. The van der Waals surface area contributed by atoms with Gasteiger partial charge >= 0.3 is 6.03 Å². The van der Waals surface area contributed by atoms with Gasteiger partial charge in [-0.05, 0) is 43.9 Å². The third-order valence-electron chi connectivity index (χ3n) is 3.94. The van der Waals surface area contributed by atoms with Gasteiger partial charge in [-0.3, -0.25) is 0 Å². The van der Waals surface area contributed by atoms with Gasteiger partial charge in [0.15, 0.2) is 5.82 Å². The molecule has 0 spiro atoms. The van der Waals surface area contributed by atoms with Crippen molar-refractivity contribution in [2.75, 3.05) is 11.9 Å². The summed E-state index contributed by atoms with van der Waals surface area (Å²) in [5.74, 6) is 0.876. The summed E-state index contributed by atoms with van der Waals surface area (Å²) < 4.78 is 10.7. The van der Waals surface area contributed by atoms with E-state index in [4.69, 9.17) is 20.9 Å². The summed E-state index contributed by atoms with van der Waals surface area (Å²) in [5.41, 5.74) is 2.47. The predicted molar refractivity (Wildman–Crippen MR) is 89.0 cm³/mol. The second-order valence-corrected chi connectivity index (χ2v) is 6.13. The summed E-state index contributed by atoms with van der Waals surface area (Å²) in [6, 6.07) is 3.31. The van der Waals surface area contributed by atoms with Crippen LogP contribution in [0.25, 0.3) is 0 Å². The zero-order chi connectivity index (χ0) is 17.1. The molecule has 3 rings (SSSR count). The van der Waals surface area contributed by atoms with Crippen LogP contribution in [0.3, 0.4) is 0 Å². The lowest BCUT2D eigenvalue weighted by Crippen LogP contribution is -2.29. The molecule has 2 N–H and O–H groups in total. The molecule has 24 heavy (non-hydrogen) atoms. The van der Waals surface area contributed by atoms with Gasteiger partial charge in [0.25, 0.3) is 5.89 Å². The zero-order valence-electron chi connectivity index (χ0n) is 13.6. The van der Waals surface area contributed by atoms with Crippen LogP contribution in [0.15, 0.2) is 16.7 Å². The normalized spacial score (nSPS) is 17.0. The number of urea groups is 1. The third-order valence-corrected chi connectivity index (χ3v) is 4.35. The van der Waals surface area contributed by atoms with Gasteiger partial charge in [-0.15, -0.1) is 0 Å². The molecule has 1 aromatic heterocycles. The van der Waals surface area contributed by atoms with Crippen molar-refractivity contribution in [3.8, 4) is 0 Å². The quantitative estimate of drug-likeness (QED) is 0.880. The Morgan fingerprint density at radius 2 is 2.25 bits per heavy atom. The Labute approximate surface area is 144 Å². The highest BCUT2D eigenvalue weighted by Crippen LogP contribution is 2.27. The van der Waals surface area contributed by atoms with E-state index in [1.165, 1.54) is 0 Å². The fourth-order valence-corrected chi connectivity index (χ4v) is 2.73. The van der Waals surface area contributed by atoms with E-state index < -0.39 is 0 Å². The monoisotopic (exact) mass is 350 g/mol. The minimum Gasteiger partial charge on any atom is -0.368 e. The van der Waals surface area contributed by atoms with Crippen LogP contribution < -0.4 is 10.6 Å². The molecule has 1 fully saturated rings. The number of hydrogen-bond donors (Lipinski definition) is 2. The van der Waals surface area contributed by atoms with Crippen LogP contribution >= 0.6 is 11.6 Å². The van der Waals surface area contributed by atoms with Crippen LogP contribution in [0.5, 0.6) is 0 Å². The number of nitrogens with one attached hydrogen (secondary N) is 2. The van der Waals surface area contributed by atoms with Gasteiger partial charge in [0.1, 0.15) is 6.10 Å². The predicted octanol–water partition coefficient (Wildman–Crippen LogP) is 3.51. The van der Waals surface area contributed by atoms with Crippen LogP contribution in [0, 0.1) is 13.8 Å². The van der Waals surface area contributed by atoms with Crippen LogP contribution in [0.1, 0.15) is 41.8 Å². The van der Waals surface area contributed by atoms with Gasteiger partial charge in [-0.2, -0.15) is 4.98 Å². The largest absolute Gasteiger partial charge is 0.368 e. The maximum absolute atomic E-state index is 12.1. The SMILES string of the molecule is Cc1ccc(Cl)c(C)c1NC(=O)NCc1noc([C@H]2CCCO2)n1. The maximum atomic E-state index is 12.1. The lowest BCUT2D eigenvalue weighted by molar-refractivity contribution is 0.0835. The smallest absolute Gasteiger partial charge is 0.319 e. The van der Waals surface area contributed by atoms with E-state index in [-0.39, 0.29) is 18.7 Å². The lowest BCUT2D eigenvalue weighted by atomic mass is 10.1. The average Bonchev–Trinajstić information content (AvgIpc) is 3.24. The van der Waals surface area contributed by atoms with Crippen molar-refractivity contribution >= 4 is 23.3 Å². The fourth-order valence-electron chi connectivity index (χ4n) is 2.57. The van der Waals surface area contributed by atoms with Crippen molar-refractivity contribution in [1.82, 2.24) is 15.5 Å². The molecule has 2 amide bonds. The van der Waals surface area contributed by atoms with Gasteiger partial charge in [0.05, 0.1) is 6.54 Å². The van der Waals surface area contributed by atoms with Crippen LogP contribution in [-0.2, 0) is 11.3 Å². The fraction of sp³-hybridized carbons (Fsp3) is 0.438. The Morgan fingerprint density at radius 3 is 3.00 bits per heavy atom. The van der Waals surface area contributed by atoms with Crippen molar-refractivity contribution in [1.29, 1.82) is 0 Å². The number of anilines is 1. The van der Waals surface area contributed by atoms with Crippen LogP contribution in [0.4, 0.5) is 10.5 Å². The van der Waals surface area contributed by atoms with Crippen molar-refractivity contribution in [3.05, 3.63) is 40.0 Å². The number of halogens is 1. The number of carbonyl (C=O) groups excluding carboxylic acids is 1. The second kappa shape index (κ2) is 7.19. The van der Waals surface area contributed by atoms with E-state index in [0.29, 0.717) is 29.0 Å². The maximum Gasteiger partial charge on any atom is 0.319 e. The summed E-state index contributed by atoms with van der Waals surface area (Å²) in [6.45, 7) is 4.64. The minimum atomic E-state index is -0.355. The molecule has 1 aromatic carbocycles. The number of rotatable bonds is 4. The summed E-state index contributed by atoms with van der Waals surface area (Å²) in [4.78, 5) is 16.3. The molecular weight excluding hydrogens is 332 g/mol. The van der Waals surface area contributed by atoms with E-state index in [0.717, 1.165) is 24.0 Å². The number of hydrogen-bond acceptors (Lipinski definition) is 5. The first-order chi connectivity index (χ1) is 11.5. The molecule has 2 heterocycles.